The van der Waals surface area contributed by atoms with Crippen molar-refractivity contribution in [3.8, 4) is 23.0 Å². The van der Waals surface area contributed by atoms with Gasteiger partial charge in [0.15, 0.2) is 23.0 Å². The standard InChI is InChI=1S/C32H36BrNO7/c1-5-40-27-16-20(12-22(33)31(27)36)29-28(32(37)41-21-8-6-7-9-21)17(2)34-23-13-19(14-24(35)30(23)29)18-10-11-25(38-3)26(15-18)39-4/h10-12,15-16,19,21,29-30,36H,5-9,13-14H2,1-4H3/t19-,29-,30?/m0/s1. The van der Waals surface area contributed by atoms with Crippen LogP contribution in [0.1, 0.15) is 75.3 Å². The van der Waals surface area contributed by atoms with Crippen molar-refractivity contribution in [1.29, 1.82) is 0 Å². The molecule has 8 nitrogen and oxygen atoms in total. The molecule has 41 heavy (non-hydrogen) atoms. The maximum absolute atomic E-state index is 14.1. The first-order chi connectivity index (χ1) is 19.7. The molecule has 5 rings (SSSR count). The number of rotatable bonds is 8. The number of esters is 1. The van der Waals surface area contributed by atoms with Crippen molar-refractivity contribution < 1.29 is 33.6 Å². The van der Waals surface area contributed by atoms with Crippen LogP contribution < -0.4 is 14.2 Å². The van der Waals surface area contributed by atoms with Crippen molar-refractivity contribution >= 4 is 33.4 Å². The number of carbonyl (C=O) groups excluding carboxylic acids is 2. The van der Waals surface area contributed by atoms with Gasteiger partial charge in [0.2, 0.25) is 0 Å². The number of carbonyl (C=O) groups is 2. The second-order valence-electron chi connectivity index (χ2n) is 10.8. The minimum absolute atomic E-state index is 0.000564. The van der Waals surface area contributed by atoms with E-state index in [1.165, 1.54) is 0 Å². The Bertz CT molecular complexity index is 1410. The van der Waals surface area contributed by atoms with Gasteiger partial charge in [-0.2, -0.15) is 0 Å². The minimum atomic E-state index is -0.632. The fourth-order valence-electron chi connectivity index (χ4n) is 6.40. The van der Waals surface area contributed by atoms with Crippen LogP contribution in [-0.4, -0.2) is 49.5 Å². The van der Waals surface area contributed by atoms with Crippen molar-refractivity contribution in [3.05, 3.63) is 57.2 Å². The number of allylic oxidation sites excluding steroid dienone is 1. The SMILES string of the molecule is CCOc1cc([C@H]2C(C(=O)OC3CCCC3)=C(C)N=C3C[C@H](c4ccc(OC)c(OC)c4)CC(=O)C32)cc(Br)c1O. The van der Waals surface area contributed by atoms with Gasteiger partial charge in [0.25, 0.3) is 0 Å². The Morgan fingerprint density at radius 2 is 1.71 bits per heavy atom. The third-order valence-corrected chi connectivity index (χ3v) is 8.94. The van der Waals surface area contributed by atoms with Crippen LogP contribution in [0.3, 0.4) is 0 Å². The van der Waals surface area contributed by atoms with Crippen molar-refractivity contribution in [2.45, 2.75) is 70.3 Å². The second kappa shape index (κ2) is 12.3. The number of nitrogens with zero attached hydrogens (tertiary/aromatic N) is 1. The monoisotopic (exact) mass is 625 g/mol. The van der Waals surface area contributed by atoms with E-state index in [9.17, 15) is 14.7 Å². The zero-order valence-electron chi connectivity index (χ0n) is 23.9. The van der Waals surface area contributed by atoms with Gasteiger partial charge in [0.1, 0.15) is 11.9 Å². The van der Waals surface area contributed by atoms with Crippen LogP contribution in [0, 0.1) is 5.92 Å². The number of ether oxygens (including phenoxy) is 4. The molecule has 3 atom stereocenters. The summed E-state index contributed by atoms with van der Waals surface area (Å²) >= 11 is 3.45. The molecular formula is C32H36BrNO7. The van der Waals surface area contributed by atoms with E-state index in [0.717, 1.165) is 37.0 Å². The molecule has 2 aromatic carbocycles. The highest BCUT2D eigenvalue weighted by Crippen LogP contribution is 2.49. The molecule has 2 aromatic rings. The Kier molecular flexibility index (Phi) is 8.73. The smallest absolute Gasteiger partial charge is 0.336 e. The molecule has 0 aromatic heterocycles. The molecule has 3 aliphatic rings. The molecule has 0 amide bonds. The Morgan fingerprint density at radius 1 is 1.00 bits per heavy atom. The van der Waals surface area contributed by atoms with Crippen LogP contribution in [0.2, 0.25) is 0 Å². The summed E-state index contributed by atoms with van der Waals surface area (Å²) < 4.78 is 23.0. The quantitative estimate of drug-likeness (QED) is 0.328. The highest BCUT2D eigenvalue weighted by atomic mass is 79.9. The Balaban J connectivity index is 1.58. The highest BCUT2D eigenvalue weighted by Gasteiger charge is 2.47. The summed E-state index contributed by atoms with van der Waals surface area (Å²) in [5.74, 6) is -0.290. The molecular weight excluding hydrogens is 590 g/mol. The van der Waals surface area contributed by atoms with E-state index >= 15 is 0 Å². The maximum atomic E-state index is 14.1. The number of phenolic OH excluding ortho intramolecular Hbond substituents is 1. The fraction of sp³-hybridized carbons (Fsp3) is 0.469. The van der Waals surface area contributed by atoms with Gasteiger partial charge in [0.05, 0.1) is 36.8 Å². The van der Waals surface area contributed by atoms with Crippen LogP contribution in [0.4, 0.5) is 0 Å². The fourth-order valence-corrected chi connectivity index (χ4v) is 6.86. The molecule has 0 spiro atoms. The van der Waals surface area contributed by atoms with E-state index in [-0.39, 0.29) is 35.7 Å². The predicted octanol–water partition coefficient (Wildman–Crippen LogP) is 6.63. The lowest BCUT2D eigenvalue weighted by Crippen LogP contribution is -2.41. The Labute approximate surface area is 248 Å². The van der Waals surface area contributed by atoms with E-state index < -0.39 is 17.8 Å². The molecule has 1 aliphatic heterocycles. The molecule has 1 N–H and O–H groups in total. The first-order valence-electron chi connectivity index (χ1n) is 14.1. The molecule has 9 heteroatoms. The number of hydrogen-bond donors (Lipinski definition) is 1. The van der Waals surface area contributed by atoms with E-state index in [1.54, 1.807) is 26.4 Å². The number of halogens is 1. The summed E-state index contributed by atoms with van der Waals surface area (Å²) in [6.45, 7) is 3.99. The summed E-state index contributed by atoms with van der Waals surface area (Å²) in [7, 11) is 3.18. The molecule has 2 aliphatic carbocycles. The van der Waals surface area contributed by atoms with Gasteiger partial charge in [-0.15, -0.1) is 0 Å². The van der Waals surface area contributed by atoms with Gasteiger partial charge < -0.3 is 24.1 Å². The third kappa shape index (κ3) is 5.73. The van der Waals surface area contributed by atoms with Crippen molar-refractivity contribution in [2.75, 3.05) is 20.8 Å². The van der Waals surface area contributed by atoms with Gasteiger partial charge in [-0.05, 0) is 103 Å². The summed E-state index contributed by atoms with van der Waals surface area (Å²) in [5, 5.41) is 10.6. The molecule has 218 valence electrons. The average molecular weight is 627 g/mol. The lowest BCUT2D eigenvalue weighted by atomic mass is 9.66. The van der Waals surface area contributed by atoms with E-state index in [1.807, 2.05) is 32.0 Å². The normalized spacial score (nSPS) is 22.7. The second-order valence-corrected chi connectivity index (χ2v) is 11.7. The largest absolute Gasteiger partial charge is 0.503 e. The number of ketones is 1. The lowest BCUT2D eigenvalue weighted by molar-refractivity contribution is -0.144. The van der Waals surface area contributed by atoms with E-state index in [4.69, 9.17) is 23.9 Å². The zero-order valence-corrected chi connectivity index (χ0v) is 25.5. The van der Waals surface area contributed by atoms with Gasteiger partial charge >= 0.3 is 5.97 Å². The Morgan fingerprint density at radius 3 is 2.39 bits per heavy atom. The molecule has 1 heterocycles. The van der Waals surface area contributed by atoms with E-state index in [0.29, 0.717) is 45.8 Å². The number of aliphatic imine (C=N–C) groups is 1. The number of benzene rings is 2. The zero-order chi connectivity index (χ0) is 29.3. The van der Waals surface area contributed by atoms with Crippen molar-refractivity contribution in [1.82, 2.24) is 0 Å². The third-order valence-electron chi connectivity index (χ3n) is 8.34. The molecule has 0 bridgehead atoms. The number of hydrogen-bond acceptors (Lipinski definition) is 8. The number of Topliss-reactive ketones (excluding diaryl/α,β-unsaturated/α-hetero) is 1. The van der Waals surface area contributed by atoms with Gasteiger partial charge in [0, 0.05) is 23.7 Å². The summed E-state index contributed by atoms with van der Waals surface area (Å²) in [5.41, 5.74) is 3.33. The first kappa shape index (κ1) is 29.2. The molecule has 0 saturated heterocycles. The molecule has 2 fully saturated rings. The van der Waals surface area contributed by atoms with Gasteiger partial charge in [-0.1, -0.05) is 6.07 Å². The number of methoxy groups -OCH3 is 2. The lowest BCUT2D eigenvalue weighted by Gasteiger charge is -2.38. The highest BCUT2D eigenvalue weighted by molar-refractivity contribution is 9.10. The first-order valence-corrected chi connectivity index (χ1v) is 14.9. The number of fused-ring (bicyclic) bond motifs is 1. The van der Waals surface area contributed by atoms with Crippen LogP contribution in [0.25, 0.3) is 0 Å². The van der Waals surface area contributed by atoms with Crippen molar-refractivity contribution in [3.63, 3.8) is 0 Å². The van der Waals surface area contributed by atoms with Gasteiger partial charge in [-0.3, -0.25) is 9.79 Å². The van der Waals surface area contributed by atoms with Crippen LogP contribution in [0.15, 0.2) is 51.1 Å². The van der Waals surface area contributed by atoms with Crippen LogP contribution in [-0.2, 0) is 14.3 Å². The van der Waals surface area contributed by atoms with Gasteiger partial charge in [-0.25, -0.2) is 4.79 Å². The Hall–Kier alpha value is -3.33. The molecule has 2 saturated carbocycles. The van der Waals surface area contributed by atoms with Crippen LogP contribution in [0.5, 0.6) is 23.0 Å². The summed E-state index contributed by atoms with van der Waals surface area (Å²) in [6, 6.07) is 9.20. The predicted molar refractivity (Wildman–Crippen MR) is 158 cm³/mol. The number of phenols is 1. The van der Waals surface area contributed by atoms with Crippen molar-refractivity contribution in [2.24, 2.45) is 10.9 Å². The maximum Gasteiger partial charge on any atom is 0.336 e. The topological polar surface area (TPSA) is 104 Å². The van der Waals surface area contributed by atoms with E-state index in [2.05, 4.69) is 15.9 Å². The average Bonchev–Trinajstić information content (AvgIpc) is 3.47. The molecule has 0 radical (unpaired) electrons. The van der Waals surface area contributed by atoms with Crippen LogP contribution >= 0.6 is 15.9 Å². The summed E-state index contributed by atoms with van der Waals surface area (Å²) in [4.78, 5) is 32.7. The molecule has 1 unspecified atom stereocenters. The minimum Gasteiger partial charge on any atom is -0.503 e. The summed E-state index contributed by atoms with van der Waals surface area (Å²) in [6.07, 6.45) is 4.46. The number of aromatic hydroxyl groups is 1.